The van der Waals surface area contributed by atoms with Crippen LogP contribution in [0.4, 0.5) is 0 Å². The second-order valence-corrected chi connectivity index (χ2v) is 4.50. The van der Waals surface area contributed by atoms with Crippen LogP contribution in [0.25, 0.3) is 0 Å². The Balaban J connectivity index is 3.45. The summed E-state index contributed by atoms with van der Waals surface area (Å²) in [6.07, 6.45) is 1.81. The zero-order valence-electron chi connectivity index (χ0n) is 7.95. The molecule has 0 aromatic rings. The molecule has 0 radical (unpaired) electrons. The molecule has 13 heavy (non-hydrogen) atoms. The average Bonchev–Trinajstić information content (AvgIpc) is 1.93. The van der Waals surface area contributed by atoms with E-state index in [2.05, 4.69) is 12.0 Å². The van der Waals surface area contributed by atoms with Gasteiger partial charge in [0.15, 0.2) is 0 Å². The van der Waals surface area contributed by atoms with E-state index >= 15 is 0 Å². The fourth-order valence-electron chi connectivity index (χ4n) is 0.712. The lowest BCUT2D eigenvalue weighted by Gasteiger charge is -1.97. The average molecular weight is 205 g/mol. The van der Waals surface area contributed by atoms with Gasteiger partial charge in [-0.05, 0) is 12.8 Å². The van der Waals surface area contributed by atoms with Gasteiger partial charge in [0.25, 0.3) is 10.1 Å². The third-order valence-electron chi connectivity index (χ3n) is 1.26. The van der Waals surface area contributed by atoms with Crippen molar-refractivity contribution in [1.29, 1.82) is 0 Å². The number of unbranched alkanes of at least 4 members (excludes halogenated alkanes) is 2. The maximum Gasteiger partial charge on any atom is 0.264 e. The third kappa shape index (κ3) is 11.3. The van der Waals surface area contributed by atoms with Gasteiger partial charge in [-0.1, -0.05) is 5.92 Å². The number of nitrogens with zero attached hydrogens (tertiary/aromatic N) is 1. The summed E-state index contributed by atoms with van der Waals surface area (Å²) in [4.78, 5) is 1.74. The van der Waals surface area contributed by atoms with E-state index in [0.29, 0.717) is 19.3 Å². The smallest absolute Gasteiger partial charge is 0.264 e. The fourth-order valence-corrected chi connectivity index (χ4v) is 1.28. The summed E-state index contributed by atoms with van der Waals surface area (Å²) in [5.74, 6) is 2.70. The monoisotopic (exact) mass is 205 g/mol. The quantitative estimate of drug-likeness (QED) is 0.315. The minimum atomic E-state index is -3.79. The SMILES string of the molecule is CN(C)C#CCCCCS(=O)(=O)O. The summed E-state index contributed by atoms with van der Waals surface area (Å²) >= 11 is 0. The molecule has 5 heteroatoms. The van der Waals surface area contributed by atoms with Gasteiger partial charge in [-0.15, -0.1) is 0 Å². The highest BCUT2D eigenvalue weighted by Gasteiger charge is 2.01. The topological polar surface area (TPSA) is 57.6 Å². The minimum Gasteiger partial charge on any atom is -0.339 e. The Labute approximate surface area is 79.7 Å². The molecule has 0 saturated heterocycles. The second kappa shape index (κ2) is 5.84. The molecule has 0 aromatic carbocycles. The zero-order chi connectivity index (χ0) is 10.3. The van der Waals surface area contributed by atoms with Crippen molar-refractivity contribution in [3.8, 4) is 12.0 Å². The van der Waals surface area contributed by atoms with Crippen LogP contribution in [0.3, 0.4) is 0 Å². The highest BCUT2D eigenvalue weighted by atomic mass is 32.2. The van der Waals surface area contributed by atoms with Crippen molar-refractivity contribution in [3.05, 3.63) is 0 Å². The first-order chi connectivity index (χ1) is 5.92. The predicted octanol–water partition coefficient (Wildman–Crippen LogP) is 0.567. The number of hydrogen-bond donors (Lipinski definition) is 1. The Bertz CT molecular complexity index is 284. The van der Waals surface area contributed by atoms with Crippen molar-refractivity contribution in [2.45, 2.75) is 19.3 Å². The lowest BCUT2D eigenvalue weighted by Crippen LogP contribution is -2.03. The van der Waals surface area contributed by atoms with Gasteiger partial charge in [-0.2, -0.15) is 8.42 Å². The van der Waals surface area contributed by atoms with Crippen LogP contribution in [0, 0.1) is 12.0 Å². The first-order valence-corrected chi connectivity index (χ1v) is 5.64. The molecule has 0 atom stereocenters. The first kappa shape index (κ1) is 12.3. The standard InChI is InChI=1S/C8H15NO3S/c1-9(2)7-5-3-4-6-8-13(10,11)12/h3-4,6,8H2,1-2H3,(H,10,11,12). The molecule has 1 N–H and O–H groups in total. The highest BCUT2D eigenvalue weighted by Crippen LogP contribution is 1.96. The Morgan fingerprint density at radius 3 is 2.38 bits per heavy atom. The molecular weight excluding hydrogens is 190 g/mol. The van der Waals surface area contributed by atoms with Gasteiger partial charge >= 0.3 is 0 Å². The molecule has 0 rings (SSSR count). The summed E-state index contributed by atoms with van der Waals surface area (Å²) in [6.45, 7) is 0. The van der Waals surface area contributed by atoms with Crippen molar-refractivity contribution in [1.82, 2.24) is 4.90 Å². The normalized spacial score (nSPS) is 10.4. The van der Waals surface area contributed by atoms with Crippen molar-refractivity contribution in [3.63, 3.8) is 0 Å². The molecule has 0 aliphatic carbocycles. The van der Waals surface area contributed by atoms with E-state index in [1.807, 2.05) is 14.1 Å². The maximum absolute atomic E-state index is 10.3. The summed E-state index contributed by atoms with van der Waals surface area (Å²) in [5.41, 5.74) is 0. The van der Waals surface area contributed by atoms with E-state index in [0.717, 1.165) is 0 Å². The van der Waals surface area contributed by atoms with Crippen LogP contribution >= 0.6 is 0 Å². The van der Waals surface area contributed by atoms with Crippen LogP contribution in [-0.2, 0) is 10.1 Å². The lowest BCUT2D eigenvalue weighted by molar-refractivity contribution is 0.480. The molecule has 0 fully saturated rings. The molecule has 0 unspecified atom stereocenters. The Morgan fingerprint density at radius 2 is 1.92 bits per heavy atom. The van der Waals surface area contributed by atoms with Crippen molar-refractivity contribution in [2.24, 2.45) is 0 Å². The van der Waals surface area contributed by atoms with Gasteiger partial charge in [0.05, 0.1) is 5.75 Å². The predicted molar refractivity (Wildman–Crippen MR) is 51.7 cm³/mol. The maximum atomic E-state index is 10.3. The molecule has 0 aromatic heterocycles. The van der Waals surface area contributed by atoms with Crippen molar-refractivity contribution >= 4 is 10.1 Å². The van der Waals surface area contributed by atoms with Gasteiger partial charge in [0.2, 0.25) is 0 Å². The second-order valence-electron chi connectivity index (χ2n) is 2.93. The molecule has 0 saturated carbocycles. The van der Waals surface area contributed by atoms with Crippen LogP contribution < -0.4 is 0 Å². The Kier molecular flexibility index (Phi) is 5.51. The van der Waals surface area contributed by atoms with Crippen LogP contribution in [-0.4, -0.2) is 37.7 Å². The van der Waals surface area contributed by atoms with Crippen LogP contribution in [0.15, 0.2) is 0 Å². The summed E-state index contributed by atoms with van der Waals surface area (Å²) in [6, 6.07) is 2.81. The Hall–Kier alpha value is -0.730. The van der Waals surface area contributed by atoms with E-state index in [1.54, 1.807) is 4.90 Å². The summed E-state index contributed by atoms with van der Waals surface area (Å²) in [5, 5.41) is 0. The molecule has 0 heterocycles. The molecular formula is C8H15NO3S. The minimum absolute atomic E-state index is 0.170. The first-order valence-electron chi connectivity index (χ1n) is 4.03. The van der Waals surface area contributed by atoms with Crippen molar-refractivity contribution in [2.75, 3.05) is 19.8 Å². The molecule has 76 valence electrons. The van der Waals surface area contributed by atoms with E-state index < -0.39 is 10.1 Å². The largest absolute Gasteiger partial charge is 0.339 e. The molecule has 0 bridgehead atoms. The lowest BCUT2D eigenvalue weighted by atomic mass is 10.3. The van der Waals surface area contributed by atoms with Crippen LogP contribution in [0.1, 0.15) is 19.3 Å². The van der Waals surface area contributed by atoms with E-state index in [4.69, 9.17) is 4.55 Å². The van der Waals surface area contributed by atoms with Gasteiger partial charge in [0, 0.05) is 26.6 Å². The van der Waals surface area contributed by atoms with E-state index in [1.165, 1.54) is 0 Å². The van der Waals surface area contributed by atoms with Gasteiger partial charge < -0.3 is 4.90 Å². The molecule has 0 amide bonds. The van der Waals surface area contributed by atoms with Gasteiger partial charge in [-0.3, -0.25) is 4.55 Å². The molecule has 0 aliphatic rings. The van der Waals surface area contributed by atoms with E-state index in [-0.39, 0.29) is 5.75 Å². The summed E-state index contributed by atoms with van der Waals surface area (Å²) in [7, 11) is -0.109. The van der Waals surface area contributed by atoms with Crippen molar-refractivity contribution < 1.29 is 13.0 Å². The van der Waals surface area contributed by atoms with Gasteiger partial charge in [-0.25, -0.2) is 0 Å². The molecule has 0 spiro atoms. The van der Waals surface area contributed by atoms with Crippen LogP contribution in [0.5, 0.6) is 0 Å². The zero-order valence-corrected chi connectivity index (χ0v) is 8.76. The number of rotatable bonds is 4. The highest BCUT2D eigenvalue weighted by molar-refractivity contribution is 7.85. The molecule has 0 aliphatic heterocycles. The Morgan fingerprint density at radius 1 is 1.31 bits per heavy atom. The molecule has 4 nitrogen and oxygen atoms in total. The van der Waals surface area contributed by atoms with Crippen LogP contribution in [0.2, 0.25) is 0 Å². The fraction of sp³-hybridized carbons (Fsp3) is 0.750. The van der Waals surface area contributed by atoms with Gasteiger partial charge in [0.1, 0.15) is 0 Å². The third-order valence-corrected chi connectivity index (χ3v) is 2.06. The number of hydrogen-bond acceptors (Lipinski definition) is 3. The van der Waals surface area contributed by atoms with E-state index in [9.17, 15) is 8.42 Å². The summed E-state index contributed by atoms with van der Waals surface area (Å²) < 4.78 is 29.0.